The summed E-state index contributed by atoms with van der Waals surface area (Å²) in [5.74, 6) is 0.777. The molecule has 0 aromatic rings. The standard InChI is InChI=1S/C9H18N2O/c1-8-3-2-4-9(7-8)11-12-6-5-10/h8H,2-7,10H2,1H3/b11-9-. The van der Waals surface area contributed by atoms with Crippen molar-refractivity contribution in [3.05, 3.63) is 0 Å². The second kappa shape index (κ2) is 5.14. The predicted octanol–water partition coefficient (Wildman–Crippen LogP) is 1.53. The van der Waals surface area contributed by atoms with Crippen LogP contribution in [0, 0.1) is 5.92 Å². The number of rotatable bonds is 3. The van der Waals surface area contributed by atoms with Gasteiger partial charge >= 0.3 is 0 Å². The second-order valence-electron chi connectivity index (χ2n) is 3.48. The lowest BCUT2D eigenvalue weighted by atomic mass is 9.89. The third kappa shape index (κ3) is 3.22. The molecule has 0 radical (unpaired) electrons. The van der Waals surface area contributed by atoms with Crippen LogP contribution in [0.2, 0.25) is 0 Å². The summed E-state index contributed by atoms with van der Waals surface area (Å²) in [6.45, 7) is 3.35. The van der Waals surface area contributed by atoms with Crippen molar-refractivity contribution >= 4 is 5.71 Å². The molecule has 0 amide bonds. The normalized spacial score (nSPS) is 27.5. The average molecular weight is 170 g/mol. The first-order chi connectivity index (χ1) is 5.83. The van der Waals surface area contributed by atoms with E-state index < -0.39 is 0 Å². The zero-order chi connectivity index (χ0) is 8.81. The average Bonchev–Trinajstić information content (AvgIpc) is 2.05. The topological polar surface area (TPSA) is 47.6 Å². The van der Waals surface area contributed by atoms with Crippen molar-refractivity contribution in [3.63, 3.8) is 0 Å². The number of nitrogens with two attached hydrogens (primary N) is 1. The highest BCUT2D eigenvalue weighted by molar-refractivity contribution is 5.84. The van der Waals surface area contributed by atoms with Gasteiger partial charge in [-0.2, -0.15) is 0 Å². The van der Waals surface area contributed by atoms with Gasteiger partial charge in [0.25, 0.3) is 0 Å². The summed E-state index contributed by atoms with van der Waals surface area (Å²) in [6.07, 6.45) is 4.79. The molecule has 0 aliphatic heterocycles. The number of oxime groups is 1. The van der Waals surface area contributed by atoms with Crippen LogP contribution in [0.25, 0.3) is 0 Å². The molecule has 0 heterocycles. The Labute approximate surface area is 74.0 Å². The van der Waals surface area contributed by atoms with E-state index in [4.69, 9.17) is 10.6 Å². The van der Waals surface area contributed by atoms with Gasteiger partial charge in [-0.3, -0.25) is 0 Å². The Morgan fingerprint density at radius 3 is 3.17 bits per heavy atom. The van der Waals surface area contributed by atoms with Gasteiger partial charge in [-0.05, 0) is 31.6 Å². The Bertz CT molecular complexity index is 157. The van der Waals surface area contributed by atoms with Gasteiger partial charge in [-0.15, -0.1) is 0 Å². The van der Waals surface area contributed by atoms with Gasteiger partial charge < -0.3 is 10.6 Å². The highest BCUT2D eigenvalue weighted by atomic mass is 16.6. The van der Waals surface area contributed by atoms with Crippen molar-refractivity contribution in [1.29, 1.82) is 0 Å². The summed E-state index contributed by atoms with van der Waals surface area (Å²) < 4.78 is 0. The third-order valence-corrected chi connectivity index (χ3v) is 2.15. The number of hydrogen-bond donors (Lipinski definition) is 1. The molecule has 1 aliphatic carbocycles. The summed E-state index contributed by atoms with van der Waals surface area (Å²) >= 11 is 0. The maximum atomic E-state index is 5.28. The lowest BCUT2D eigenvalue weighted by molar-refractivity contribution is 0.149. The van der Waals surface area contributed by atoms with Crippen LogP contribution in [0.3, 0.4) is 0 Å². The minimum Gasteiger partial charge on any atom is -0.395 e. The van der Waals surface area contributed by atoms with Crippen molar-refractivity contribution in [3.8, 4) is 0 Å². The van der Waals surface area contributed by atoms with Crippen LogP contribution in [-0.4, -0.2) is 18.9 Å². The van der Waals surface area contributed by atoms with Crippen LogP contribution in [0.5, 0.6) is 0 Å². The van der Waals surface area contributed by atoms with Crippen molar-refractivity contribution in [2.75, 3.05) is 13.2 Å². The van der Waals surface area contributed by atoms with Crippen LogP contribution in [0.15, 0.2) is 5.16 Å². The van der Waals surface area contributed by atoms with Crippen molar-refractivity contribution in [2.45, 2.75) is 32.6 Å². The van der Waals surface area contributed by atoms with E-state index in [0.29, 0.717) is 13.2 Å². The Morgan fingerprint density at radius 1 is 1.67 bits per heavy atom. The first kappa shape index (κ1) is 9.52. The van der Waals surface area contributed by atoms with E-state index in [9.17, 15) is 0 Å². The molecule has 0 saturated heterocycles. The molecular weight excluding hydrogens is 152 g/mol. The van der Waals surface area contributed by atoms with E-state index in [2.05, 4.69) is 12.1 Å². The quantitative estimate of drug-likeness (QED) is 0.515. The summed E-state index contributed by atoms with van der Waals surface area (Å²) in [6, 6.07) is 0. The van der Waals surface area contributed by atoms with Crippen LogP contribution < -0.4 is 5.73 Å². The Kier molecular flexibility index (Phi) is 4.08. The fourth-order valence-corrected chi connectivity index (χ4v) is 1.53. The molecule has 0 spiro atoms. The van der Waals surface area contributed by atoms with Crippen LogP contribution in [0.1, 0.15) is 32.6 Å². The first-order valence-electron chi connectivity index (χ1n) is 4.70. The largest absolute Gasteiger partial charge is 0.395 e. The molecule has 0 aromatic carbocycles. The Balaban J connectivity index is 2.25. The maximum absolute atomic E-state index is 5.28. The van der Waals surface area contributed by atoms with E-state index in [-0.39, 0.29) is 0 Å². The smallest absolute Gasteiger partial charge is 0.129 e. The Morgan fingerprint density at radius 2 is 2.50 bits per heavy atom. The van der Waals surface area contributed by atoms with Gasteiger partial charge in [-0.25, -0.2) is 0 Å². The van der Waals surface area contributed by atoms with Gasteiger partial charge in [0.1, 0.15) is 6.61 Å². The molecule has 1 fully saturated rings. The number of nitrogens with zero attached hydrogens (tertiary/aromatic N) is 1. The zero-order valence-corrected chi connectivity index (χ0v) is 7.75. The molecule has 3 nitrogen and oxygen atoms in total. The van der Waals surface area contributed by atoms with Crippen molar-refractivity contribution < 1.29 is 4.84 Å². The highest BCUT2D eigenvalue weighted by Gasteiger charge is 2.13. The summed E-state index contributed by atoms with van der Waals surface area (Å²) in [4.78, 5) is 5.03. The third-order valence-electron chi connectivity index (χ3n) is 2.15. The molecule has 0 bridgehead atoms. The molecule has 1 atom stereocenters. The SMILES string of the molecule is CC1CCC/C(=N/OCCN)C1. The molecular formula is C9H18N2O. The molecule has 1 rings (SSSR count). The number of hydrogen-bond acceptors (Lipinski definition) is 3. The molecule has 0 aromatic heterocycles. The van der Waals surface area contributed by atoms with Crippen molar-refractivity contribution in [1.82, 2.24) is 0 Å². The lowest BCUT2D eigenvalue weighted by Crippen LogP contribution is -2.14. The predicted molar refractivity (Wildman–Crippen MR) is 50.1 cm³/mol. The van der Waals surface area contributed by atoms with E-state index in [1.54, 1.807) is 0 Å². The lowest BCUT2D eigenvalue weighted by Gasteiger charge is -2.18. The van der Waals surface area contributed by atoms with Crippen LogP contribution in [-0.2, 0) is 4.84 Å². The van der Waals surface area contributed by atoms with Crippen LogP contribution >= 0.6 is 0 Å². The summed E-state index contributed by atoms with van der Waals surface area (Å²) in [5, 5.41) is 4.06. The maximum Gasteiger partial charge on any atom is 0.129 e. The molecule has 3 heteroatoms. The molecule has 70 valence electrons. The van der Waals surface area contributed by atoms with Gasteiger partial charge in [0, 0.05) is 6.54 Å². The van der Waals surface area contributed by atoms with Gasteiger partial charge in [0.2, 0.25) is 0 Å². The Hall–Kier alpha value is -0.570. The van der Waals surface area contributed by atoms with Gasteiger partial charge in [0.05, 0.1) is 5.71 Å². The fraction of sp³-hybridized carbons (Fsp3) is 0.889. The van der Waals surface area contributed by atoms with Crippen LogP contribution in [0.4, 0.5) is 0 Å². The van der Waals surface area contributed by atoms with Crippen molar-refractivity contribution in [2.24, 2.45) is 16.8 Å². The fourth-order valence-electron chi connectivity index (χ4n) is 1.53. The monoisotopic (exact) mass is 170 g/mol. The minimum absolute atomic E-state index is 0.540. The van der Waals surface area contributed by atoms with E-state index in [1.807, 2.05) is 0 Å². The van der Waals surface area contributed by atoms with Gasteiger partial charge in [0.15, 0.2) is 0 Å². The summed E-state index contributed by atoms with van der Waals surface area (Å²) in [7, 11) is 0. The van der Waals surface area contributed by atoms with Gasteiger partial charge in [-0.1, -0.05) is 12.1 Å². The molecule has 1 unspecified atom stereocenters. The first-order valence-corrected chi connectivity index (χ1v) is 4.70. The zero-order valence-electron chi connectivity index (χ0n) is 7.75. The molecule has 12 heavy (non-hydrogen) atoms. The van der Waals surface area contributed by atoms with E-state index >= 15 is 0 Å². The summed E-state index contributed by atoms with van der Waals surface area (Å²) in [5.41, 5.74) is 6.49. The molecule has 1 saturated carbocycles. The minimum atomic E-state index is 0.540. The van der Waals surface area contributed by atoms with E-state index in [1.165, 1.54) is 18.6 Å². The second-order valence-corrected chi connectivity index (χ2v) is 3.48. The highest BCUT2D eigenvalue weighted by Crippen LogP contribution is 2.21. The molecule has 1 aliphatic rings. The van der Waals surface area contributed by atoms with E-state index in [0.717, 1.165) is 18.8 Å². The molecule has 2 N–H and O–H groups in total.